The zero-order chi connectivity index (χ0) is 13.2. The number of aromatic amines is 1. The van der Waals surface area contributed by atoms with E-state index in [9.17, 15) is 4.79 Å². The number of anilines is 3. The van der Waals surface area contributed by atoms with Crippen molar-refractivity contribution in [1.82, 2.24) is 10.2 Å². The number of benzene rings is 2. The fourth-order valence-electron chi connectivity index (χ4n) is 1.96. The Morgan fingerprint density at radius 3 is 2.63 bits per heavy atom. The molecule has 0 saturated carbocycles. The molecule has 0 radical (unpaired) electrons. The number of nitrogens with one attached hydrogen (secondary N) is 2. The van der Waals surface area contributed by atoms with Crippen LogP contribution in [0.2, 0.25) is 0 Å². The highest BCUT2D eigenvalue weighted by Gasteiger charge is 2.05. The van der Waals surface area contributed by atoms with Crippen LogP contribution in [0.15, 0.2) is 53.3 Å². The predicted molar refractivity (Wildman–Crippen MR) is 76.5 cm³/mol. The molecule has 0 aliphatic rings. The van der Waals surface area contributed by atoms with E-state index in [-0.39, 0.29) is 5.56 Å². The van der Waals surface area contributed by atoms with Crippen LogP contribution in [-0.4, -0.2) is 10.2 Å². The van der Waals surface area contributed by atoms with Gasteiger partial charge in [-0.25, -0.2) is 5.10 Å². The maximum atomic E-state index is 11.7. The van der Waals surface area contributed by atoms with Gasteiger partial charge in [-0.3, -0.25) is 4.79 Å². The molecule has 2 aromatic carbocycles. The molecule has 3 rings (SSSR count). The van der Waals surface area contributed by atoms with Gasteiger partial charge in [-0.1, -0.05) is 24.3 Å². The Kier molecular flexibility index (Phi) is 2.64. The molecule has 5 heteroatoms. The predicted octanol–water partition coefficient (Wildman–Crippen LogP) is 2.25. The Bertz CT molecular complexity index is 795. The monoisotopic (exact) mass is 252 g/mol. The zero-order valence-electron chi connectivity index (χ0n) is 10.1. The Morgan fingerprint density at radius 2 is 1.84 bits per heavy atom. The van der Waals surface area contributed by atoms with E-state index >= 15 is 0 Å². The number of aromatic nitrogens is 2. The zero-order valence-corrected chi connectivity index (χ0v) is 10.1. The molecule has 0 amide bonds. The van der Waals surface area contributed by atoms with Gasteiger partial charge >= 0.3 is 0 Å². The summed E-state index contributed by atoms with van der Waals surface area (Å²) in [6.07, 6.45) is 0. The summed E-state index contributed by atoms with van der Waals surface area (Å²) >= 11 is 0. The number of hydrogen-bond donors (Lipinski definition) is 3. The molecule has 1 heterocycles. The lowest BCUT2D eigenvalue weighted by Crippen LogP contribution is -2.10. The van der Waals surface area contributed by atoms with E-state index in [1.165, 1.54) is 0 Å². The molecule has 1 aromatic heterocycles. The number of nitrogens with two attached hydrogens (primary N) is 1. The summed E-state index contributed by atoms with van der Waals surface area (Å²) in [7, 11) is 0. The second kappa shape index (κ2) is 4.45. The molecule has 5 nitrogen and oxygen atoms in total. The molecule has 0 bridgehead atoms. The minimum atomic E-state index is -0.200. The first kappa shape index (κ1) is 11.3. The number of nitrogen functional groups attached to an aromatic ring is 1. The van der Waals surface area contributed by atoms with Crippen LogP contribution in [0, 0.1) is 0 Å². The second-order valence-electron chi connectivity index (χ2n) is 4.20. The van der Waals surface area contributed by atoms with Gasteiger partial charge in [-0.15, -0.1) is 0 Å². The van der Waals surface area contributed by atoms with Gasteiger partial charge < -0.3 is 11.1 Å². The summed E-state index contributed by atoms with van der Waals surface area (Å²) in [5.74, 6) is 0.598. The van der Waals surface area contributed by atoms with E-state index in [0.717, 1.165) is 11.1 Å². The molecular weight excluding hydrogens is 240 g/mol. The number of nitrogens with zero attached hydrogens (tertiary/aromatic N) is 1. The van der Waals surface area contributed by atoms with Crippen molar-refractivity contribution >= 4 is 28.0 Å². The number of H-pyrrole nitrogens is 1. The Balaban J connectivity index is 2.11. The molecule has 4 N–H and O–H groups in total. The minimum absolute atomic E-state index is 0.200. The van der Waals surface area contributed by atoms with Gasteiger partial charge in [0.1, 0.15) is 0 Å². The SMILES string of the molecule is Nc1cccc(Nc2n[nH]c(=O)c3ccccc23)c1. The Hall–Kier alpha value is -2.82. The van der Waals surface area contributed by atoms with Gasteiger partial charge in [-0.2, -0.15) is 5.10 Å². The molecular formula is C14H12N4O. The highest BCUT2D eigenvalue weighted by Crippen LogP contribution is 2.22. The van der Waals surface area contributed by atoms with Crippen LogP contribution in [0.5, 0.6) is 0 Å². The van der Waals surface area contributed by atoms with Crippen LogP contribution in [0.25, 0.3) is 10.8 Å². The average Bonchev–Trinajstić information content (AvgIpc) is 2.42. The van der Waals surface area contributed by atoms with E-state index < -0.39 is 0 Å². The van der Waals surface area contributed by atoms with Crippen molar-refractivity contribution in [1.29, 1.82) is 0 Å². The third-order valence-corrected chi connectivity index (χ3v) is 2.85. The van der Waals surface area contributed by atoms with Crippen molar-refractivity contribution in [3.05, 3.63) is 58.9 Å². The highest BCUT2D eigenvalue weighted by molar-refractivity contribution is 5.92. The van der Waals surface area contributed by atoms with Crippen LogP contribution >= 0.6 is 0 Å². The first-order chi connectivity index (χ1) is 9.24. The first-order valence-electron chi connectivity index (χ1n) is 5.84. The summed E-state index contributed by atoms with van der Waals surface area (Å²) in [6, 6.07) is 14.7. The van der Waals surface area contributed by atoms with E-state index in [1.54, 1.807) is 6.07 Å². The fourth-order valence-corrected chi connectivity index (χ4v) is 1.96. The van der Waals surface area contributed by atoms with E-state index in [1.807, 2.05) is 42.5 Å². The largest absolute Gasteiger partial charge is 0.399 e. The summed E-state index contributed by atoms with van der Waals surface area (Å²) in [5.41, 5.74) is 7.02. The van der Waals surface area contributed by atoms with Gasteiger partial charge in [0.25, 0.3) is 5.56 Å². The molecule has 3 aromatic rings. The van der Waals surface area contributed by atoms with Crippen LogP contribution in [0.3, 0.4) is 0 Å². The summed E-state index contributed by atoms with van der Waals surface area (Å²) in [6.45, 7) is 0. The molecule has 0 aliphatic heterocycles. The Labute approximate surface area is 109 Å². The minimum Gasteiger partial charge on any atom is -0.399 e. The molecule has 0 aliphatic carbocycles. The lowest BCUT2D eigenvalue weighted by molar-refractivity contribution is 1.02. The van der Waals surface area contributed by atoms with Crippen LogP contribution in [0.1, 0.15) is 0 Å². The quantitative estimate of drug-likeness (QED) is 0.611. The van der Waals surface area contributed by atoms with Gasteiger partial charge in [-0.05, 0) is 24.3 Å². The normalized spacial score (nSPS) is 10.5. The lowest BCUT2D eigenvalue weighted by atomic mass is 10.2. The number of rotatable bonds is 2. The third kappa shape index (κ3) is 2.13. The molecule has 19 heavy (non-hydrogen) atoms. The molecule has 0 saturated heterocycles. The topological polar surface area (TPSA) is 83.8 Å². The van der Waals surface area contributed by atoms with E-state index in [0.29, 0.717) is 16.9 Å². The summed E-state index contributed by atoms with van der Waals surface area (Å²) in [5, 5.41) is 11.0. The summed E-state index contributed by atoms with van der Waals surface area (Å²) < 4.78 is 0. The second-order valence-corrected chi connectivity index (χ2v) is 4.20. The summed E-state index contributed by atoms with van der Waals surface area (Å²) in [4.78, 5) is 11.7. The van der Waals surface area contributed by atoms with Gasteiger partial charge in [0.2, 0.25) is 0 Å². The molecule has 0 atom stereocenters. The van der Waals surface area contributed by atoms with Crippen LogP contribution in [0.4, 0.5) is 17.2 Å². The fraction of sp³-hybridized carbons (Fsp3) is 0. The molecule has 0 fully saturated rings. The highest BCUT2D eigenvalue weighted by atomic mass is 16.1. The van der Waals surface area contributed by atoms with Crippen molar-refractivity contribution in [2.75, 3.05) is 11.1 Å². The molecule has 94 valence electrons. The van der Waals surface area contributed by atoms with E-state index in [4.69, 9.17) is 5.73 Å². The Morgan fingerprint density at radius 1 is 1.05 bits per heavy atom. The van der Waals surface area contributed by atoms with E-state index in [2.05, 4.69) is 15.5 Å². The van der Waals surface area contributed by atoms with Crippen molar-refractivity contribution in [3.63, 3.8) is 0 Å². The standard InChI is InChI=1S/C14H12N4O/c15-9-4-3-5-10(8-9)16-13-11-6-1-2-7-12(11)14(19)18-17-13/h1-8H,15H2,(H,16,17)(H,18,19). The van der Waals surface area contributed by atoms with Gasteiger partial charge in [0, 0.05) is 16.8 Å². The van der Waals surface area contributed by atoms with Crippen molar-refractivity contribution in [2.45, 2.75) is 0 Å². The number of fused-ring (bicyclic) bond motifs is 1. The van der Waals surface area contributed by atoms with Crippen LogP contribution in [-0.2, 0) is 0 Å². The maximum Gasteiger partial charge on any atom is 0.272 e. The smallest absolute Gasteiger partial charge is 0.272 e. The van der Waals surface area contributed by atoms with Crippen LogP contribution < -0.4 is 16.6 Å². The van der Waals surface area contributed by atoms with Gasteiger partial charge in [0.05, 0.1) is 5.39 Å². The maximum absolute atomic E-state index is 11.7. The lowest BCUT2D eigenvalue weighted by Gasteiger charge is -2.08. The third-order valence-electron chi connectivity index (χ3n) is 2.85. The molecule has 0 spiro atoms. The molecule has 0 unspecified atom stereocenters. The van der Waals surface area contributed by atoms with Crippen molar-refractivity contribution in [3.8, 4) is 0 Å². The average molecular weight is 252 g/mol. The van der Waals surface area contributed by atoms with Gasteiger partial charge in [0.15, 0.2) is 5.82 Å². The van der Waals surface area contributed by atoms with Crippen molar-refractivity contribution < 1.29 is 0 Å². The first-order valence-corrected chi connectivity index (χ1v) is 5.84. The van der Waals surface area contributed by atoms with Crippen molar-refractivity contribution in [2.24, 2.45) is 0 Å². The number of hydrogen-bond acceptors (Lipinski definition) is 4.